The van der Waals surface area contributed by atoms with Crippen LogP contribution >= 0.6 is 11.8 Å². The second-order valence-corrected chi connectivity index (χ2v) is 7.38. The molecule has 0 fully saturated rings. The van der Waals surface area contributed by atoms with Crippen molar-refractivity contribution < 1.29 is 34.2 Å². The molecule has 0 bridgehead atoms. The summed E-state index contributed by atoms with van der Waals surface area (Å²) in [5.41, 5.74) is 5.38. The van der Waals surface area contributed by atoms with Crippen molar-refractivity contribution in [3.8, 4) is 0 Å². The van der Waals surface area contributed by atoms with Crippen LogP contribution in [0.2, 0.25) is 0 Å². The van der Waals surface area contributed by atoms with E-state index in [9.17, 15) is 29.1 Å². The molecule has 11 nitrogen and oxygen atoms in total. The summed E-state index contributed by atoms with van der Waals surface area (Å²) >= 11 is 1.44. The Kier molecular flexibility index (Phi) is 11.9. The summed E-state index contributed by atoms with van der Waals surface area (Å²) in [6, 6.07) is -3.39. The van der Waals surface area contributed by atoms with Crippen LogP contribution in [-0.2, 0) is 24.0 Å². The molecular weight excluding hydrogens is 392 g/mol. The van der Waals surface area contributed by atoms with Crippen molar-refractivity contribution in [1.29, 1.82) is 0 Å². The van der Waals surface area contributed by atoms with Gasteiger partial charge in [0, 0.05) is 0 Å². The van der Waals surface area contributed by atoms with Gasteiger partial charge in [0.2, 0.25) is 17.7 Å². The number of aliphatic carboxylic acids is 2. The number of nitrogens with two attached hydrogens (primary N) is 1. The number of thioether (sulfide) groups is 1. The zero-order valence-electron chi connectivity index (χ0n) is 16.1. The van der Waals surface area contributed by atoms with E-state index in [-0.39, 0.29) is 12.3 Å². The average molecular weight is 420 g/mol. The first-order chi connectivity index (χ1) is 13.0. The van der Waals surface area contributed by atoms with Gasteiger partial charge in [0.15, 0.2) is 0 Å². The van der Waals surface area contributed by atoms with E-state index in [1.54, 1.807) is 13.8 Å². The van der Waals surface area contributed by atoms with E-state index in [0.717, 1.165) is 0 Å². The lowest BCUT2D eigenvalue weighted by Crippen LogP contribution is -2.55. The third-order valence-corrected chi connectivity index (χ3v) is 4.29. The van der Waals surface area contributed by atoms with E-state index in [4.69, 9.17) is 10.8 Å². The molecule has 0 aromatic carbocycles. The second-order valence-electron chi connectivity index (χ2n) is 6.39. The van der Waals surface area contributed by atoms with Crippen LogP contribution in [-0.4, -0.2) is 76.6 Å². The van der Waals surface area contributed by atoms with Gasteiger partial charge in [0.05, 0.1) is 19.0 Å². The van der Waals surface area contributed by atoms with E-state index >= 15 is 0 Å². The zero-order valence-corrected chi connectivity index (χ0v) is 16.9. The van der Waals surface area contributed by atoms with Gasteiger partial charge in [-0.25, -0.2) is 4.79 Å². The first-order valence-electron chi connectivity index (χ1n) is 8.56. The van der Waals surface area contributed by atoms with Crippen molar-refractivity contribution in [2.75, 3.05) is 18.6 Å². The van der Waals surface area contributed by atoms with Crippen LogP contribution in [0.25, 0.3) is 0 Å². The van der Waals surface area contributed by atoms with Gasteiger partial charge in [-0.1, -0.05) is 13.8 Å². The standard InChI is InChI=1S/C16H28N4O7S/c1-8(2)13(15(25)19-10(16(26)27)4-5-28-3)20-11(21)7-18-14(24)9(17)6-12(22)23/h8-10,13H,4-7,17H2,1-3H3,(H,18,24)(H,19,25)(H,20,21)(H,22,23)(H,26,27). The lowest BCUT2D eigenvalue weighted by molar-refractivity contribution is -0.142. The van der Waals surface area contributed by atoms with Crippen LogP contribution in [0.5, 0.6) is 0 Å². The molecule has 12 heteroatoms. The summed E-state index contributed by atoms with van der Waals surface area (Å²) in [7, 11) is 0. The Balaban J connectivity index is 4.76. The number of carboxylic acid groups (broad SMARTS) is 2. The highest BCUT2D eigenvalue weighted by molar-refractivity contribution is 7.98. The van der Waals surface area contributed by atoms with Crippen molar-refractivity contribution in [3.63, 3.8) is 0 Å². The summed E-state index contributed by atoms with van der Waals surface area (Å²) in [4.78, 5) is 57.8. The van der Waals surface area contributed by atoms with Crippen LogP contribution < -0.4 is 21.7 Å². The fourth-order valence-corrected chi connectivity index (χ4v) is 2.56. The van der Waals surface area contributed by atoms with Crippen molar-refractivity contribution in [3.05, 3.63) is 0 Å². The van der Waals surface area contributed by atoms with Crippen molar-refractivity contribution in [2.24, 2.45) is 11.7 Å². The van der Waals surface area contributed by atoms with E-state index < -0.39 is 60.8 Å². The van der Waals surface area contributed by atoms with Gasteiger partial charge in [-0.05, 0) is 24.3 Å². The normalized spacial score (nSPS) is 13.9. The molecule has 3 atom stereocenters. The molecule has 0 heterocycles. The smallest absolute Gasteiger partial charge is 0.326 e. The molecule has 0 aliphatic carbocycles. The molecule has 0 spiro atoms. The number of hydrogen-bond donors (Lipinski definition) is 6. The zero-order chi connectivity index (χ0) is 21.9. The van der Waals surface area contributed by atoms with Crippen molar-refractivity contribution in [1.82, 2.24) is 16.0 Å². The number of nitrogens with one attached hydrogen (secondary N) is 3. The SMILES string of the molecule is CSCCC(NC(=O)C(NC(=O)CNC(=O)C(N)CC(=O)O)C(C)C)C(=O)O. The number of carbonyl (C=O) groups excluding carboxylic acids is 3. The second kappa shape index (κ2) is 12.9. The highest BCUT2D eigenvalue weighted by atomic mass is 32.2. The molecular formula is C16H28N4O7S. The summed E-state index contributed by atoms with van der Waals surface area (Å²) in [5.74, 6) is -4.38. The molecule has 28 heavy (non-hydrogen) atoms. The van der Waals surface area contributed by atoms with Crippen LogP contribution in [0.15, 0.2) is 0 Å². The maximum Gasteiger partial charge on any atom is 0.326 e. The van der Waals surface area contributed by atoms with Gasteiger partial charge in [0.1, 0.15) is 12.1 Å². The van der Waals surface area contributed by atoms with E-state index in [1.165, 1.54) is 11.8 Å². The summed E-state index contributed by atoms with van der Waals surface area (Å²) in [6.45, 7) is 2.84. The number of carboxylic acids is 2. The fraction of sp³-hybridized carbons (Fsp3) is 0.688. The van der Waals surface area contributed by atoms with Gasteiger partial charge in [-0.3, -0.25) is 19.2 Å². The fourth-order valence-electron chi connectivity index (χ4n) is 2.09. The summed E-state index contributed by atoms with van der Waals surface area (Å²) in [6.07, 6.45) is 1.46. The Morgan fingerprint density at radius 2 is 1.64 bits per heavy atom. The molecule has 0 aliphatic rings. The number of carbonyl (C=O) groups is 5. The molecule has 0 aliphatic heterocycles. The lowest BCUT2D eigenvalue weighted by Gasteiger charge is -2.24. The summed E-state index contributed by atoms with van der Waals surface area (Å²) in [5, 5.41) is 24.8. The molecule has 0 saturated carbocycles. The summed E-state index contributed by atoms with van der Waals surface area (Å²) < 4.78 is 0. The predicted octanol–water partition coefficient (Wildman–Crippen LogP) is -1.63. The van der Waals surface area contributed by atoms with E-state index in [0.29, 0.717) is 5.75 Å². The van der Waals surface area contributed by atoms with Gasteiger partial charge < -0.3 is 31.9 Å². The number of amides is 3. The molecule has 0 saturated heterocycles. The number of rotatable bonds is 13. The first-order valence-corrected chi connectivity index (χ1v) is 9.95. The molecule has 7 N–H and O–H groups in total. The van der Waals surface area contributed by atoms with Crippen LogP contribution in [0.3, 0.4) is 0 Å². The Bertz CT molecular complexity index is 585. The Morgan fingerprint density at radius 3 is 2.11 bits per heavy atom. The van der Waals surface area contributed by atoms with E-state index in [2.05, 4.69) is 16.0 Å². The monoisotopic (exact) mass is 420 g/mol. The first kappa shape index (κ1) is 25.7. The largest absolute Gasteiger partial charge is 0.481 e. The van der Waals surface area contributed by atoms with Crippen LogP contribution in [0.4, 0.5) is 0 Å². The van der Waals surface area contributed by atoms with Crippen LogP contribution in [0.1, 0.15) is 26.7 Å². The van der Waals surface area contributed by atoms with Crippen molar-refractivity contribution >= 4 is 41.4 Å². The minimum atomic E-state index is -1.30. The third kappa shape index (κ3) is 10.1. The molecule has 0 radical (unpaired) electrons. The van der Waals surface area contributed by atoms with Gasteiger partial charge in [-0.2, -0.15) is 11.8 Å². The Labute approximate surface area is 167 Å². The molecule has 160 valence electrons. The number of hydrogen-bond acceptors (Lipinski definition) is 7. The minimum absolute atomic E-state index is 0.235. The van der Waals surface area contributed by atoms with Crippen LogP contribution in [0, 0.1) is 5.92 Å². The minimum Gasteiger partial charge on any atom is -0.481 e. The molecule has 0 rings (SSSR count). The third-order valence-electron chi connectivity index (χ3n) is 3.65. The van der Waals surface area contributed by atoms with Gasteiger partial charge in [0.25, 0.3) is 0 Å². The topological polar surface area (TPSA) is 188 Å². The van der Waals surface area contributed by atoms with Gasteiger partial charge in [-0.15, -0.1) is 0 Å². The highest BCUT2D eigenvalue weighted by Gasteiger charge is 2.28. The molecule has 0 aromatic heterocycles. The predicted molar refractivity (Wildman–Crippen MR) is 103 cm³/mol. The van der Waals surface area contributed by atoms with E-state index in [1.807, 2.05) is 6.26 Å². The Morgan fingerprint density at radius 1 is 1.04 bits per heavy atom. The quantitative estimate of drug-likeness (QED) is 0.203. The maximum absolute atomic E-state index is 12.4. The van der Waals surface area contributed by atoms with Crippen molar-refractivity contribution in [2.45, 2.75) is 44.8 Å². The molecule has 3 unspecified atom stereocenters. The van der Waals surface area contributed by atoms with Gasteiger partial charge >= 0.3 is 11.9 Å². The average Bonchev–Trinajstić information content (AvgIpc) is 2.59. The Hall–Kier alpha value is -2.34. The highest BCUT2D eigenvalue weighted by Crippen LogP contribution is 2.05. The molecule has 0 aromatic rings. The lowest BCUT2D eigenvalue weighted by atomic mass is 10.0. The maximum atomic E-state index is 12.4. The molecule has 3 amide bonds.